The van der Waals surface area contributed by atoms with E-state index in [0.29, 0.717) is 6.54 Å². The molecule has 4 nitrogen and oxygen atoms in total. The third-order valence-corrected chi connectivity index (χ3v) is 4.34. The number of aliphatic hydroxyl groups excluding tert-OH is 1. The van der Waals surface area contributed by atoms with Crippen LogP contribution in [0.15, 0.2) is 48.5 Å². The SMILES string of the molecule is Cc1cccc(-c2ccc(NC(=O)N3CCC[C@H]3CO)cc2)c1. The van der Waals surface area contributed by atoms with Crippen molar-refractivity contribution in [3.63, 3.8) is 0 Å². The molecule has 0 unspecified atom stereocenters. The summed E-state index contributed by atoms with van der Waals surface area (Å²) in [5, 5.41) is 12.2. The molecule has 0 radical (unpaired) electrons. The minimum Gasteiger partial charge on any atom is -0.394 e. The van der Waals surface area contributed by atoms with Crippen LogP contribution in [0.4, 0.5) is 10.5 Å². The van der Waals surface area contributed by atoms with Gasteiger partial charge in [-0.05, 0) is 43.0 Å². The summed E-state index contributed by atoms with van der Waals surface area (Å²) in [7, 11) is 0. The lowest BCUT2D eigenvalue weighted by molar-refractivity contribution is 0.166. The molecule has 3 rings (SSSR count). The Morgan fingerprint density at radius 3 is 2.70 bits per heavy atom. The average molecular weight is 310 g/mol. The molecule has 120 valence electrons. The van der Waals surface area contributed by atoms with E-state index in [2.05, 4.69) is 30.4 Å². The van der Waals surface area contributed by atoms with Crippen molar-refractivity contribution in [2.75, 3.05) is 18.5 Å². The number of amides is 2. The molecule has 1 atom stereocenters. The van der Waals surface area contributed by atoms with Crippen molar-refractivity contribution < 1.29 is 9.90 Å². The van der Waals surface area contributed by atoms with Crippen LogP contribution in [0, 0.1) is 6.92 Å². The summed E-state index contributed by atoms with van der Waals surface area (Å²) in [4.78, 5) is 14.0. The minimum atomic E-state index is -0.134. The quantitative estimate of drug-likeness (QED) is 0.909. The molecule has 0 saturated carbocycles. The van der Waals surface area contributed by atoms with E-state index in [1.807, 2.05) is 30.3 Å². The zero-order valence-corrected chi connectivity index (χ0v) is 13.3. The van der Waals surface area contributed by atoms with Gasteiger partial charge in [0, 0.05) is 12.2 Å². The van der Waals surface area contributed by atoms with Crippen LogP contribution >= 0.6 is 0 Å². The molecule has 0 aliphatic carbocycles. The van der Waals surface area contributed by atoms with Gasteiger partial charge < -0.3 is 15.3 Å². The first kappa shape index (κ1) is 15.6. The van der Waals surface area contributed by atoms with E-state index in [9.17, 15) is 9.90 Å². The molecule has 1 saturated heterocycles. The Morgan fingerprint density at radius 2 is 2.00 bits per heavy atom. The summed E-state index contributed by atoms with van der Waals surface area (Å²) in [6.07, 6.45) is 1.82. The second kappa shape index (κ2) is 6.84. The van der Waals surface area contributed by atoms with E-state index >= 15 is 0 Å². The van der Waals surface area contributed by atoms with Gasteiger partial charge in [0.05, 0.1) is 12.6 Å². The fraction of sp³-hybridized carbons (Fsp3) is 0.316. The van der Waals surface area contributed by atoms with Crippen molar-refractivity contribution in [3.05, 3.63) is 54.1 Å². The number of anilines is 1. The van der Waals surface area contributed by atoms with Gasteiger partial charge in [-0.15, -0.1) is 0 Å². The summed E-state index contributed by atoms with van der Waals surface area (Å²) in [5.74, 6) is 0. The predicted molar refractivity (Wildman–Crippen MR) is 92.4 cm³/mol. The zero-order valence-electron chi connectivity index (χ0n) is 13.3. The van der Waals surface area contributed by atoms with Crippen LogP contribution in [0.5, 0.6) is 0 Å². The van der Waals surface area contributed by atoms with E-state index in [0.717, 1.165) is 24.1 Å². The molecule has 2 amide bonds. The van der Waals surface area contributed by atoms with Crippen molar-refractivity contribution in [1.29, 1.82) is 0 Å². The fourth-order valence-corrected chi connectivity index (χ4v) is 3.06. The molecule has 1 aliphatic heterocycles. The molecule has 1 aliphatic rings. The monoisotopic (exact) mass is 310 g/mol. The fourth-order valence-electron chi connectivity index (χ4n) is 3.06. The Bertz CT molecular complexity index is 682. The first-order valence-electron chi connectivity index (χ1n) is 8.03. The Kier molecular flexibility index (Phi) is 4.63. The molecule has 23 heavy (non-hydrogen) atoms. The first-order chi connectivity index (χ1) is 11.2. The molecule has 1 heterocycles. The van der Waals surface area contributed by atoms with Crippen LogP contribution in [0.2, 0.25) is 0 Å². The van der Waals surface area contributed by atoms with Gasteiger partial charge in [-0.3, -0.25) is 0 Å². The van der Waals surface area contributed by atoms with Crippen molar-refractivity contribution in [3.8, 4) is 11.1 Å². The summed E-state index contributed by atoms with van der Waals surface area (Å²) in [6, 6.07) is 16.0. The number of rotatable bonds is 3. The lowest BCUT2D eigenvalue weighted by Crippen LogP contribution is -2.40. The molecular weight excluding hydrogens is 288 g/mol. The van der Waals surface area contributed by atoms with Gasteiger partial charge in [0.15, 0.2) is 0 Å². The normalized spacial score (nSPS) is 17.3. The molecule has 1 fully saturated rings. The summed E-state index contributed by atoms with van der Waals surface area (Å²) >= 11 is 0. The lowest BCUT2D eigenvalue weighted by atomic mass is 10.0. The molecule has 2 aromatic carbocycles. The number of nitrogens with one attached hydrogen (secondary N) is 1. The number of hydrogen-bond acceptors (Lipinski definition) is 2. The largest absolute Gasteiger partial charge is 0.394 e. The predicted octanol–water partition coefficient (Wildman–Crippen LogP) is 3.65. The molecule has 0 aromatic heterocycles. The van der Waals surface area contributed by atoms with Crippen molar-refractivity contribution in [2.24, 2.45) is 0 Å². The van der Waals surface area contributed by atoms with Gasteiger partial charge in [-0.25, -0.2) is 4.79 Å². The van der Waals surface area contributed by atoms with Gasteiger partial charge >= 0.3 is 6.03 Å². The number of aliphatic hydroxyl groups is 1. The van der Waals surface area contributed by atoms with Crippen molar-refractivity contribution >= 4 is 11.7 Å². The molecule has 2 aromatic rings. The van der Waals surface area contributed by atoms with Gasteiger partial charge in [0.1, 0.15) is 0 Å². The maximum atomic E-state index is 12.3. The second-order valence-electron chi connectivity index (χ2n) is 6.05. The number of benzene rings is 2. The standard InChI is InChI=1S/C19H22N2O2/c1-14-4-2-5-16(12-14)15-7-9-17(10-8-15)20-19(23)21-11-3-6-18(21)13-22/h2,4-5,7-10,12,18,22H,3,6,11,13H2,1H3,(H,20,23)/t18-/m0/s1. The molecule has 0 bridgehead atoms. The second-order valence-corrected chi connectivity index (χ2v) is 6.05. The van der Waals surface area contributed by atoms with Crippen LogP contribution in [-0.4, -0.2) is 35.2 Å². The number of likely N-dealkylation sites (tertiary alicyclic amines) is 1. The van der Waals surface area contributed by atoms with E-state index in [1.54, 1.807) is 4.90 Å². The third kappa shape index (κ3) is 3.54. The Morgan fingerprint density at radius 1 is 1.22 bits per heavy atom. The van der Waals surface area contributed by atoms with Gasteiger partial charge in [-0.2, -0.15) is 0 Å². The van der Waals surface area contributed by atoms with Crippen LogP contribution in [-0.2, 0) is 0 Å². The van der Waals surface area contributed by atoms with E-state index in [4.69, 9.17) is 0 Å². The maximum absolute atomic E-state index is 12.3. The number of carbonyl (C=O) groups is 1. The number of nitrogens with zero attached hydrogens (tertiary/aromatic N) is 1. The topological polar surface area (TPSA) is 52.6 Å². The number of urea groups is 1. The van der Waals surface area contributed by atoms with Gasteiger partial charge in [0.2, 0.25) is 0 Å². The van der Waals surface area contributed by atoms with Gasteiger partial charge in [0.25, 0.3) is 0 Å². The Balaban J connectivity index is 1.69. The highest BCUT2D eigenvalue weighted by molar-refractivity contribution is 5.90. The van der Waals surface area contributed by atoms with Crippen molar-refractivity contribution in [1.82, 2.24) is 4.90 Å². The van der Waals surface area contributed by atoms with Crippen LogP contribution in [0.1, 0.15) is 18.4 Å². The lowest BCUT2D eigenvalue weighted by Gasteiger charge is -2.23. The van der Waals surface area contributed by atoms with E-state index < -0.39 is 0 Å². The Hall–Kier alpha value is -2.33. The smallest absolute Gasteiger partial charge is 0.322 e. The minimum absolute atomic E-state index is 0.0275. The molecule has 4 heteroatoms. The van der Waals surface area contributed by atoms with Crippen LogP contribution in [0.3, 0.4) is 0 Å². The number of hydrogen-bond donors (Lipinski definition) is 2. The highest BCUT2D eigenvalue weighted by atomic mass is 16.3. The van der Waals surface area contributed by atoms with Crippen LogP contribution < -0.4 is 5.32 Å². The number of aryl methyl sites for hydroxylation is 1. The zero-order chi connectivity index (χ0) is 16.2. The average Bonchev–Trinajstić information content (AvgIpc) is 3.04. The molecule has 2 N–H and O–H groups in total. The van der Waals surface area contributed by atoms with Crippen molar-refractivity contribution in [2.45, 2.75) is 25.8 Å². The summed E-state index contributed by atoms with van der Waals surface area (Å²) < 4.78 is 0. The van der Waals surface area contributed by atoms with Crippen LogP contribution in [0.25, 0.3) is 11.1 Å². The molecule has 0 spiro atoms. The number of carbonyl (C=O) groups excluding carboxylic acids is 1. The van der Waals surface area contributed by atoms with Gasteiger partial charge in [-0.1, -0.05) is 42.0 Å². The maximum Gasteiger partial charge on any atom is 0.322 e. The highest BCUT2D eigenvalue weighted by Gasteiger charge is 2.27. The molecular formula is C19H22N2O2. The Labute approximate surface area is 136 Å². The highest BCUT2D eigenvalue weighted by Crippen LogP contribution is 2.23. The first-order valence-corrected chi connectivity index (χ1v) is 8.03. The van der Waals surface area contributed by atoms with E-state index in [-0.39, 0.29) is 18.7 Å². The summed E-state index contributed by atoms with van der Waals surface area (Å²) in [5.41, 5.74) is 4.29. The van der Waals surface area contributed by atoms with E-state index in [1.165, 1.54) is 11.1 Å². The summed E-state index contributed by atoms with van der Waals surface area (Å²) in [6.45, 7) is 2.81. The third-order valence-electron chi connectivity index (χ3n) is 4.34.